The van der Waals surface area contributed by atoms with E-state index in [4.69, 9.17) is 0 Å². The van der Waals surface area contributed by atoms with E-state index in [-0.39, 0.29) is 0 Å². The molecule has 0 fully saturated rings. The third kappa shape index (κ3) is 2.17. The van der Waals surface area contributed by atoms with Crippen molar-refractivity contribution in [3.63, 3.8) is 0 Å². The number of rotatable bonds is 4. The third-order valence-corrected chi connectivity index (χ3v) is 2.92. The zero-order valence-corrected chi connectivity index (χ0v) is 10.5. The van der Waals surface area contributed by atoms with Crippen LogP contribution >= 0.6 is 15.9 Å². The second-order valence-corrected chi connectivity index (χ2v) is 4.54. The first-order valence-electron chi connectivity index (χ1n) is 4.97. The standard InChI is InChI=1S/C10H17BrN2O/c1-4-6-10(3,14)9-8(11)7-12-13(9)5-2/h7,14H,4-6H2,1-3H3. The van der Waals surface area contributed by atoms with Gasteiger partial charge >= 0.3 is 0 Å². The summed E-state index contributed by atoms with van der Waals surface area (Å²) < 4.78 is 2.72. The molecule has 1 unspecified atom stereocenters. The van der Waals surface area contributed by atoms with Crippen LogP contribution in [-0.2, 0) is 12.1 Å². The maximum atomic E-state index is 10.3. The second kappa shape index (κ2) is 4.45. The van der Waals surface area contributed by atoms with Gasteiger partial charge in [-0.3, -0.25) is 4.68 Å². The lowest BCUT2D eigenvalue weighted by Gasteiger charge is -2.24. The molecule has 3 nitrogen and oxygen atoms in total. The van der Waals surface area contributed by atoms with Gasteiger partial charge in [0.2, 0.25) is 0 Å². The molecule has 80 valence electrons. The highest BCUT2D eigenvalue weighted by molar-refractivity contribution is 9.10. The summed E-state index contributed by atoms with van der Waals surface area (Å²) in [6, 6.07) is 0. The maximum Gasteiger partial charge on any atom is 0.105 e. The molecule has 0 saturated heterocycles. The molecule has 1 heterocycles. The predicted molar refractivity (Wildman–Crippen MR) is 60.1 cm³/mol. The van der Waals surface area contributed by atoms with Crippen molar-refractivity contribution in [1.82, 2.24) is 9.78 Å². The van der Waals surface area contributed by atoms with Gasteiger partial charge in [0.25, 0.3) is 0 Å². The lowest BCUT2D eigenvalue weighted by molar-refractivity contribution is 0.0369. The van der Waals surface area contributed by atoms with E-state index >= 15 is 0 Å². The molecule has 0 spiro atoms. The Balaban J connectivity index is 3.08. The van der Waals surface area contributed by atoms with E-state index in [1.165, 1.54) is 0 Å². The molecule has 0 aliphatic heterocycles. The first kappa shape index (κ1) is 11.7. The van der Waals surface area contributed by atoms with Gasteiger partial charge in [0, 0.05) is 6.54 Å². The summed E-state index contributed by atoms with van der Waals surface area (Å²) in [7, 11) is 0. The Kier molecular flexibility index (Phi) is 3.72. The van der Waals surface area contributed by atoms with Crippen LogP contribution in [-0.4, -0.2) is 14.9 Å². The summed E-state index contributed by atoms with van der Waals surface area (Å²) in [6.07, 6.45) is 3.44. The van der Waals surface area contributed by atoms with E-state index in [1.54, 1.807) is 6.20 Å². The van der Waals surface area contributed by atoms with Crippen LogP contribution in [0.1, 0.15) is 39.3 Å². The predicted octanol–water partition coefficient (Wildman–Crippen LogP) is 2.67. The molecule has 0 bridgehead atoms. The topological polar surface area (TPSA) is 38.1 Å². The Bertz CT molecular complexity index is 307. The van der Waals surface area contributed by atoms with Gasteiger partial charge in [0.1, 0.15) is 5.60 Å². The van der Waals surface area contributed by atoms with Crippen molar-refractivity contribution in [2.24, 2.45) is 0 Å². The Morgan fingerprint density at radius 3 is 2.71 bits per heavy atom. The summed E-state index contributed by atoms with van der Waals surface area (Å²) in [5.74, 6) is 0. The van der Waals surface area contributed by atoms with Crippen LogP contribution in [0.25, 0.3) is 0 Å². The number of aromatic nitrogens is 2. The van der Waals surface area contributed by atoms with Crippen molar-refractivity contribution in [3.8, 4) is 0 Å². The largest absolute Gasteiger partial charge is 0.384 e. The fourth-order valence-corrected chi connectivity index (χ4v) is 2.47. The fraction of sp³-hybridized carbons (Fsp3) is 0.700. The van der Waals surface area contributed by atoms with Crippen molar-refractivity contribution >= 4 is 15.9 Å². The molecule has 0 aliphatic carbocycles. The molecule has 1 N–H and O–H groups in total. The van der Waals surface area contributed by atoms with E-state index < -0.39 is 5.60 Å². The molecule has 1 atom stereocenters. The average molecular weight is 261 g/mol. The highest BCUT2D eigenvalue weighted by atomic mass is 79.9. The summed E-state index contributed by atoms with van der Waals surface area (Å²) in [5.41, 5.74) is 0.0851. The molecule has 0 aromatic carbocycles. The van der Waals surface area contributed by atoms with Gasteiger partial charge in [-0.15, -0.1) is 0 Å². The Morgan fingerprint density at radius 2 is 2.21 bits per heavy atom. The zero-order valence-electron chi connectivity index (χ0n) is 8.92. The smallest absolute Gasteiger partial charge is 0.105 e. The number of nitrogens with zero attached hydrogens (tertiary/aromatic N) is 2. The van der Waals surface area contributed by atoms with Gasteiger partial charge in [0.15, 0.2) is 0 Å². The molecular formula is C10H17BrN2O. The maximum absolute atomic E-state index is 10.3. The molecule has 0 aliphatic rings. The van der Waals surface area contributed by atoms with Crippen LogP contribution in [0.2, 0.25) is 0 Å². The summed E-state index contributed by atoms with van der Waals surface area (Å²) in [5, 5.41) is 14.5. The monoisotopic (exact) mass is 260 g/mol. The van der Waals surface area contributed by atoms with E-state index in [1.807, 2.05) is 18.5 Å². The Labute approximate surface area is 93.3 Å². The third-order valence-electron chi connectivity index (χ3n) is 2.34. The quantitative estimate of drug-likeness (QED) is 0.904. The van der Waals surface area contributed by atoms with Gasteiger partial charge in [-0.2, -0.15) is 5.10 Å². The van der Waals surface area contributed by atoms with Crippen molar-refractivity contribution in [2.45, 2.75) is 45.8 Å². The lowest BCUT2D eigenvalue weighted by atomic mass is 9.96. The highest BCUT2D eigenvalue weighted by Crippen LogP contribution is 2.31. The molecule has 14 heavy (non-hydrogen) atoms. The van der Waals surface area contributed by atoms with Crippen LogP contribution < -0.4 is 0 Å². The van der Waals surface area contributed by atoms with E-state index in [0.29, 0.717) is 0 Å². The number of halogens is 1. The molecule has 0 saturated carbocycles. The van der Waals surface area contributed by atoms with E-state index in [0.717, 1.165) is 29.6 Å². The molecule has 0 radical (unpaired) electrons. The summed E-state index contributed by atoms with van der Waals surface area (Å²) in [4.78, 5) is 0. The molecule has 1 rings (SSSR count). The van der Waals surface area contributed by atoms with Crippen molar-refractivity contribution < 1.29 is 5.11 Å². The van der Waals surface area contributed by atoms with Gasteiger partial charge in [-0.25, -0.2) is 0 Å². The summed E-state index contributed by atoms with van der Waals surface area (Å²) >= 11 is 3.42. The van der Waals surface area contributed by atoms with Gasteiger partial charge in [-0.1, -0.05) is 13.3 Å². The van der Waals surface area contributed by atoms with Crippen molar-refractivity contribution in [3.05, 3.63) is 16.4 Å². The van der Waals surface area contributed by atoms with E-state index in [2.05, 4.69) is 28.0 Å². The van der Waals surface area contributed by atoms with Gasteiger partial charge in [0.05, 0.1) is 16.4 Å². The van der Waals surface area contributed by atoms with Gasteiger partial charge in [-0.05, 0) is 36.2 Å². The van der Waals surface area contributed by atoms with Gasteiger partial charge < -0.3 is 5.11 Å². The van der Waals surface area contributed by atoms with Crippen LogP contribution in [0.3, 0.4) is 0 Å². The van der Waals surface area contributed by atoms with Crippen LogP contribution in [0.5, 0.6) is 0 Å². The Hall–Kier alpha value is -0.350. The van der Waals surface area contributed by atoms with Crippen molar-refractivity contribution in [1.29, 1.82) is 0 Å². The number of aryl methyl sites for hydroxylation is 1. The first-order chi connectivity index (χ1) is 6.53. The minimum atomic E-state index is -0.792. The minimum Gasteiger partial charge on any atom is -0.384 e. The minimum absolute atomic E-state index is 0.747. The number of aliphatic hydroxyl groups is 1. The normalized spacial score (nSPS) is 15.5. The molecule has 1 aromatic heterocycles. The zero-order chi connectivity index (χ0) is 10.8. The Morgan fingerprint density at radius 1 is 1.57 bits per heavy atom. The van der Waals surface area contributed by atoms with Crippen molar-refractivity contribution in [2.75, 3.05) is 0 Å². The number of hydrogen-bond donors (Lipinski definition) is 1. The lowest BCUT2D eigenvalue weighted by Crippen LogP contribution is -2.25. The number of hydrogen-bond acceptors (Lipinski definition) is 2. The molecule has 0 amide bonds. The second-order valence-electron chi connectivity index (χ2n) is 3.68. The highest BCUT2D eigenvalue weighted by Gasteiger charge is 2.28. The summed E-state index contributed by atoms with van der Waals surface area (Å²) in [6.45, 7) is 6.70. The SMILES string of the molecule is CCCC(C)(O)c1c(Br)cnn1CC. The fourth-order valence-electron chi connectivity index (χ4n) is 1.74. The van der Waals surface area contributed by atoms with E-state index in [9.17, 15) is 5.11 Å². The average Bonchev–Trinajstić information content (AvgIpc) is 2.47. The first-order valence-corrected chi connectivity index (χ1v) is 5.76. The van der Waals surface area contributed by atoms with Crippen LogP contribution in [0.15, 0.2) is 10.7 Å². The van der Waals surface area contributed by atoms with Crippen LogP contribution in [0.4, 0.5) is 0 Å². The van der Waals surface area contributed by atoms with Crippen LogP contribution in [0, 0.1) is 0 Å². The molecular weight excluding hydrogens is 244 g/mol. The molecule has 1 aromatic rings. The molecule has 4 heteroatoms.